The van der Waals surface area contributed by atoms with E-state index in [0.717, 1.165) is 25.9 Å². The zero-order chi connectivity index (χ0) is 13.5. The molecule has 0 aliphatic rings. The first-order valence-corrected chi connectivity index (χ1v) is 6.62. The van der Waals surface area contributed by atoms with Gasteiger partial charge in [0.05, 0.1) is 0 Å². The molecule has 0 aromatic rings. The van der Waals surface area contributed by atoms with Crippen LogP contribution in [0.25, 0.3) is 0 Å². The molecule has 0 saturated carbocycles. The molecule has 0 rings (SSSR count). The molecule has 0 fully saturated rings. The number of carbonyl (C=O) groups is 1. The van der Waals surface area contributed by atoms with Crippen LogP contribution in [0.15, 0.2) is 0 Å². The summed E-state index contributed by atoms with van der Waals surface area (Å²) in [5.74, 6) is 0.182. The Morgan fingerprint density at radius 2 is 1.71 bits per heavy atom. The minimum Gasteiger partial charge on any atom is -0.349 e. The molecule has 17 heavy (non-hydrogen) atoms. The van der Waals surface area contributed by atoms with Crippen LogP contribution in [0.1, 0.15) is 40.0 Å². The van der Waals surface area contributed by atoms with E-state index in [2.05, 4.69) is 25.7 Å². The van der Waals surface area contributed by atoms with Gasteiger partial charge in [-0.3, -0.25) is 9.69 Å². The Bertz CT molecular complexity index is 216. The lowest BCUT2D eigenvalue weighted by Gasteiger charge is -2.42. The molecule has 4 heteroatoms. The molecular formula is C13H29N3O. The van der Waals surface area contributed by atoms with Gasteiger partial charge in [-0.05, 0) is 19.4 Å². The topological polar surface area (TPSA) is 49.6 Å². The van der Waals surface area contributed by atoms with Gasteiger partial charge in [-0.15, -0.1) is 0 Å². The largest absolute Gasteiger partial charge is 0.349 e. The molecule has 0 aliphatic carbocycles. The third-order valence-corrected chi connectivity index (χ3v) is 3.84. The summed E-state index contributed by atoms with van der Waals surface area (Å²) in [7, 11) is 3.60. The second kappa shape index (κ2) is 7.67. The number of carbonyl (C=O) groups excluding carboxylic acids is 1. The Morgan fingerprint density at radius 1 is 1.18 bits per heavy atom. The van der Waals surface area contributed by atoms with Crippen LogP contribution >= 0.6 is 0 Å². The van der Waals surface area contributed by atoms with Crippen LogP contribution in [-0.2, 0) is 4.79 Å². The second-order valence-electron chi connectivity index (χ2n) is 4.75. The van der Waals surface area contributed by atoms with Crippen molar-refractivity contribution in [1.29, 1.82) is 0 Å². The smallest absolute Gasteiger partial charge is 0.223 e. The highest BCUT2D eigenvalue weighted by Gasteiger charge is 2.30. The highest BCUT2D eigenvalue weighted by molar-refractivity contribution is 5.75. The predicted molar refractivity (Wildman–Crippen MR) is 72.9 cm³/mol. The van der Waals surface area contributed by atoms with Crippen LogP contribution in [0.5, 0.6) is 0 Å². The second-order valence-corrected chi connectivity index (χ2v) is 4.75. The minimum atomic E-state index is 0.0569. The molecule has 0 bridgehead atoms. The van der Waals surface area contributed by atoms with Crippen LogP contribution in [0.4, 0.5) is 0 Å². The predicted octanol–water partition coefficient (Wildman–Crippen LogP) is 1.30. The number of hydrogen-bond acceptors (Lipinski definition) is 3. The lowest BCUT2D eigenvalue weighted by atomic mass is 9.90. The summed E-state index contributed by atoms with van der Waals surface area (Å²) in [6.07, 6.45) is 2.64. The molecule has 2 N–H and O–H groups in total. The fraction of sp³-hybridized carbons (Fsp3) is 0.923. The van der Waals surface area contributed by atoms with Gasteiger partial charge in [0.1, 0.15) is 0 Å². The van der Waals surface area contributed by atoms with Crippen molar-refractivity contribution < 1.29 is 4.79 Å². The van der Waals surface area contributed by atoms with E-state index in [1.807, 2.05) is 0 Å². The van der Waals surface area contributed by atoms with Crippen LogP contribution < -0.4 is 5.73 Å². The fourth-order valence-electron chi connectivity index (χ4n) is 2.30. The first kappa shape index (κ1) is 16.4. The fourth-order valence-corrected chi connectivity index (χ4v) is 2.30. The third-order valence-electron chi connectivity index (χ3n) is 3.84. The van der Waals surface area contributed by atoms with Gasteiger partial charge in [-0.25, -0.2) is 0 Å². The highest BCUT2D eigenvalue weighted by Crippen LogP contribution is 2.22. The molecule has 0 spiro atoms. The van der Waals surface area contributed by atoms with E-state index in [1.165, 1.54) is 0 Å². The van der Waals surface area contributed by atoms with Crippen molar-refractivity contribution in [3.05, 3.63) is 0 Å². The van der Waals surface area contributed by atoms with Crippen LogP contribution in [0.3, 0.4) is 0 Å². The van der Waals surface area contributed by atoms with Crippen LogP contribution in [0.2, 0.25) is 0 Å². The summed E-state index contributed by atoms with van der Waals surface area (Å²) in [6.45, 7) is 8.88. The number of rotatable bonds is 8. The van der Waals surface area contributed by atoms with E-state index in [0.29, 0.717) is 13.0 Å². The maximum absolute atomic E-state index is 11.6. The summed E-state index contributed by atoms with van der Waals surface area (Å²) >= 11 is 0. The van der Waals surface area contributed by atoms with Gasteiger partial charge in [0.15, 0.2) is 0 Å². The number of likely N-dealkylation sites (N-methyl/N-ethyl adjacent to an activating group) is 1. The molecular weight excluding hydrogens is 214 g/mol. The molecule has 0 aromatic carbocycles. The van der Waals surface area contributed by atoms with Gasteiger partial charge < -0.3 is 10.6 Å². The maximum Gasteiger partial charge on any atom is 0.223 e. The summed E-state index contributed by atoms with van der Waals surface area (Å²) in [5, 5.41) is 0. The van der Waals surface area contributed by atoms with E-state index in [9.17, 15) is 4.79 Å². The van der Waals surface area contributed by atoms with Gasteiger partial charge >= 0.3 is 0 Å². The summed E-state index contributed by atoms with van der Waals surface area (Å²) in [4.78, 5) is 15.6. The number of nitrogens with zero attached hydrogens (tertiary/aromatic N) is 2. The maximum atomic E-state index is 11.6. The molecule has 0 atom stereocenters. The van der Waals surface area contributed by atoms with Gasteiger partial charge in [0, 0.05) is 39.1 Å². The summed E-state index contributed by atoms with van der Waals surface area (Å²) in [6, 6.07) is 0. The van der Waals surface area contributed by atoms with Crippen molar-refractivity contribution in [3.63, 3.8) is 0 Å². The van der Waals surface area contributed by atoms with Crippen molar-refractivity contribution >= 4 is 5.91 Å². The SMILES string of the molecule is CCN(CCC(=O)N(C)C)C(CC)(CC)CN. The third kappa shape index (κ3) is 4.28. The van der Waals surface area contributed by atoms with Gasteiger partial charge in [-0.2, -0.15) is 0 Å². The highest BCUT2D eigenvalue weighted by atomic mass is 16.2. The Hall–Kier alpha value is -0.610. The van der Waals surface area contributed by atoms with E-state index in [-0.39, 0.29) is 11.4 Å². The average molecular weight is 243 g/mol. The Morgan fingerprint density at radius 3 is 2.00 bits per heavy atom. The van der Waals surface area contributed by atoms with Gasteiger partial charge in [0.2, 0.25) is 5.91 Å². The Balaban J connectivity index is 4.55. The molecule has 0 unspecified atom stereocenters. The quantitative estimate of drug-likeness (QED) is 0.699. The van der Waals surface area contributed by atoms with Crippen molar-refractivity contribution in [2.45, 2.75) is 45.6 Å². The number of nitrogens with two attached hydrogens (primary N) is 1. The average Bonchev–Trinajstić information content (AvgIpc) is 2.34. The molecule has 0 saturated heterocycles. The zero-order valence-electron chi connectivity index (χ0n) is 12.1. The van der Waals surface area contributed by atoms with E-state index in [4.69, 9.17) is 5.73 Å². The van der Waals surface area contributed by atoms with Crippen LogP contribution in [-0.4, -0.2) is 55.0 Å². The van der Waals surface area contributed by atoms with Crippen molar-refractivity contribution in [3.8, 4) is 0 Å². The lowest BCUT2D eigenvalue weighted by Crippen LogP contribution is -2.53. The molecule has 1 amide bonds. The molecule has 0 aliphatic heterocycles. The molecule has 4 nitrogen and oxygen atoms in total. The lowest BCUT2D eigenvalue weighted by molar-refractivity contribution is -0.129. The number of hydrogen-bond donors (Lipinski definition) is 1. The number of amides is 1. The molecule has 0 aromatic heterocycles. The first-order chi connectivity index (χ1) is 7.97. The normalized spacial score (nSPS) is 11.9. The summed E-state index contributed by atoms with van der Waals surface area (Å²) in [5.41, 5.74) is 5.99. The van der Waals surface area contributed by atoms with Crippen molar-refractivity contribution in [2.24, 2.45) is 5.73 Å². The van der Waals surface area contributed by atoms with Crippen molar-refractivity contribution in [2.75, 3.05) is 33.7 Å². The summed E-state index contributed by atoms with van der Waals surface area (Å²) < 4.78 is 0. The molecule has 0 radical (unpaired) electrons. The van der Waals surface area contributed by atoms with Crippen molar-refractivity contribution in [1.82, 2.24) is 9.80 Å². The minimum absolute atomic E-state index is 0.0569. The molecule has 102 valence electrons. The monoisotopic (exact) mass is 243 g/mol. The van der Waals surface area contributed by atoms with E-state index in [1.54, 1.807) is 19.0 Å². The Kier molecular flexibility index (Phi) is 7.39. The van der Waals surface area contributed by atoms with Gasteiger partial charge in [-0.1, -0.05) is 20.8 Å². The molecule has 0 heterocycles. The zero-order valence-corrected chi connectivity index (χ0v) is 12.1. The van der Waals surface area contributed by atoms with E-state index >= 15 is 0 Å². The van der Waals surface area contributed by atoms with Crippen LogP contribution in [0, 0.1) is 0 Å². The Labute approximate surface area is 106 Å². The first-order valence-electron chi connectivity index (χ1n) is 6.62. The van der Waals surface area contributed by atoms with E-state index < -0.39 is 0 Å². The standard InChI is InChI=1S/C13H29N3O/c1-6-13(7-2,11-14)16(8-3)10-9-12(17)15(4)5/h6-11,14H2,1-5H3. The van der Waals surface area contributed by atoms with Gasteiger partial charge in [0.25, 0.3) is 0 Å².